The summed E-state index contributed by atoms with van der Waals surface area (Å²) in [4.78, 5) is 46.1. The average molecular weight is 687 g/mol. The van der Waals surface area contributed by atoms with E-state index in [1.54, 1.807) is 38.2 Å². The summed E-state index contributed by atoms with van der Waals surface area (Å²) in [5.41, 5.74) is 2.51. The number of thioether (sulfide) groups is 1. The Morgan fingerprint density at radius 1 is 1.11 bits per heavy atom. The first kappa shape index (κ1) is 33.2. The van der Waals surface area contributed by atoms with Crippen molar-refractivity contribution < 1.29 is 24.2 Å². The number of nitrogens with zero attached hydrogens (tertiary/aromatic N) is 2. The Labute approximate surface area is 275 Å². The molecule has 1 aliphatic heterocycles. The fourth-order valence-corrected chi connectivity index (χ4v) is 5.74. The van der Waals surface area contributed by atoms with Gasteiger partial charge in [-0.2, -0.15) is 4.99 Å². The lowest BCUT2D eigenvalue weighted by molar-refractivity contribution is -0.126. The summed E-state index contributed by atoms with van der Waals surface area (Å²) in [6.45, 7) is 7.54. The Kier molecular flexibility index (Phi) is 11.7. The van der Waals surface area contributed by atoms with Gasteiger partial charge in [-0.25, -0.2) is 0 Å². The molecular weight excluding hydrogens is 654 g/mol. The van der Waals surface area contributed by atoms with E-state index in [1.165, 1.54) is 23.1 Å². The normalized spacial score (nSPS) is 14.7. The van der Waals surface area contributed by atoms with E-state index < -0.39 is 17.9 Å². The van der Waals surface area contributed by atoms with Crippen molar-refractivity contribution in [1.82, 2.24) is 10.2 Å². The molecule has 0 fully saturated rings. The third kappa shape index (κ3) is 8.29. The molecule has 8 nitrogen and oxygen atoms in total. The highest BCUT2D eigenvalue weighted by molar-refractivity contribution is 9.10. The van der Waals surface area contributed by atoms with E-state index in [-0.39, 0.29) is 33.9 Å². The molecule has 0 saturated heterocycles. The van der Waals surface area contributed by atoms with Crippen molar-refractivity contribution in [3.8, 4) is 11.5 Å². The molecule has 0 spiro atoms. The number of amides is 3. The molecule has 3 aromatic rings. The lowest BCUT2D eigenvalue weighted by atomic mass is 9.99. The predicted octanol–water partition coefficient (Wildman–Crippen LogP) is 6.95. The van der Waals surface area contributed by atoms with Gasteiger partial charge in [-0.05, 0) is 54.8 Å². The summed E-state index contributed by atoms with van der Waals surface area (Å²) in [7, 11) is 0. The van der Waals surface area contributed by atoms with Crippen LogP contribution in [0.1, 0.15) is 36.6 Å². The van der Waals surface area contributed by atoms with Gasteiger partial charge in [0, 0.05) is 10.2 Å². The first-order valence-electron chi connectivity index (χ1n) is 14.1. The third-order valence-electron chi connectivity index (χ3n) is 6.59. The number of amidine groups is 1. The van der Waals surface area contributed by atoms with Crippen molar-refractivity contribution >= 4 is 56.7 Å². The molecule has 3 amide bonds. The van der Waals surface area contributed by atoms with Crippen LogP contribution in [0, 0.1) is 0 Å². The van der Waals surface area contributed by atoms with Gasteiger partial charge >= 0.3 is 0 Å². The zero-order chi connectivity index (χ0) is 32.3. The number of allylic oxidation sites excluding steroid dienone is 4. The van der Waals surface area contributed by atoms with E-state index in [9.17, 15) is 19.5 Å². The number of hydrogen-bond acceptors (Lipinski definition) is 6. The number of phenols is 1. The second kappa shape index (κ2) is 15.9. The summed E-state index contributed by atoms with van der Waals surface area (Å²) in [5.74, 6) is -1.67. The van der Waals surface area contributed by atoms with Crippen LogP contribution in [-0.2, 0) is 14.4 Å². The van der Waals surface area contributed by atoms with E-state index >= 15 is 0 Å². The summed E-state index contributed by atoms with van der Waals surface area (Å²) in [6, 6.07) is 21.8. The molecule has 230 valence electrons. The van der Waals surface area contributed by atoms with E-state index in [1.807, 2.05) is 60.7 Å². The second-order valence-electron chi connectivity index (χ2n) is 9.59. The number of aliphatic imine (C=N–C) groups is 1. The first-order chi connectivity index (χ1) is 21.8. The molecule has 0 bridgehead atoms. The number of carbonyl (C=O) groups is 3. The molecule has 0 aromatic heterocycles. The average Bonchev–Trinajstić information content (AvgIpc) is 3.04. The number of phenolic OH excluding ortho intramolecular Hbond substituents is 1. The lowest BCUT2D eigenvalue weighted by Gasteiger charge is -2.28. The maximum Gasteiger partial charge on any atom is 0.285 e. The van der Waals surface area contributed by atoms with Gasteiger partial charge in [-0.1, -0.05) is 113 Å². The minimum absolute atomic E-state index is 0.0647. The number of nitrogens with one attached hydrogen (secondary N) is 1. The summed E-state index contributed by atoms with van der Waals surface area (Å²) in [5, 5.41) is 13.4. The Hall–Kier alpha value is -4.67. The minimum atomic E-state index is -0.758. The summed E-state index contributed by atoms with van der Waals surface area (Å²) < 4.78 is 5.93. The fourth-order valence-electron chi connectivity index (χ4n) is 4.49. The van der Waals surface area contributed by atoms with E-state index in [2.05, 4.69) is 32.8 Å². The molecule has 0 aliphatic carbocycles. The van der Waals surface area contributed by atoms with E-state index in [0.717, 1.165) is 22.9 Å². The van der Waals surface area contributed by atoms with Crippen molar-refractivity contribution in [3.63, 3.8) is 0 Å². The van der Waals surface area contributed by atoms with Gasteiger partial charge in [0.15, 0.2) is 16.7 Å². The topological polar surface area (TPSA) is 108 Å². The number of rotatable bonds is 11. The minimum Gasteiger partial charge on any atom is -0.504 e. The molecule has 1 aliphatic rings. The van der Waals surface area contributed by atoms with Crippen LogP contribution in [0.2, 0.25) is 0 Å². The second-order valence-corrected chi connectivity index (χ2v) is 11.4. The van der Waals surface area contributed by atoms with Gasteiger partial charge in [0.2, 0.25) is 5.91 Å². The van der Waals surface area contributed by atoms with Gasteiger partial charge in [0.05, 0.1) is 18.4 Å². The van der Waals surface area contributed by atoms with Crippen molar-refractivity contribution in [2.75, 3.05) is 12.4 Å². The quantitative estimate of drug-likeness (QED) is 0.129. The van der Waals surface area contributed by atoms with Gasteiger partial charge in [0.25, 0.3) is 11.8 Å². The van der Waals surface area contributed by atoms with Gasteiger partial charge in [0.1, 0.15) is 5.57 Å². The van der Waals surface area contributed by atoms with Gasteiger partial charge in [-0.15, -0.1) is 0 Å². The number of carbonyl (C=O) groups excluding carboxylic acids is 3. The highest BCUT2D eigenvalue weighted by atomic mass is 79.9. The van der Waals surface area contributed by atoms with Crippen LogP contribution in [0.15, 0.2) is 124 Å². The summed E-state index contributed by atoms with van der Waals surface area (Å²) >= 11 is 4.37. The van der Waals surface area contributed by atoms with E-state index in [0.29, 0.717) is 22.3 Å². The number of benzene rings is 3. The molecular formula is C35H32BrN3O5S. The van der Waals surface area contributed by atoms with Crippen molar-refractivity contribution in [2.45, 2.75) is 19.9 Å². The highest BCUT2D eigenvalue weighted by Crippen LogP contribution is 2.35. The predicted molar refractivity (Wildman–Crippen MR) is 183 cm³/mol. The Morgan fingerprint density at radius 3 is 2.33 bits per heavy atom. The van der Waals surface area contributed by atoms with Crippen LogP contribution in [0.3, 0.4) is 0 Å². The van der Waals surface area contributed by atoms with Crippen LogP contribution < -0.4 is 10.1 Å². The molecule has 45 heavy (non-hydrogen) atoms. The van der Waals surface area contributed by atoms with Crippen LogP contribution in [-0.4, -0.2) is 45.3 Å². The number of aromatic hydroxyl groups is 1. The number of hydrogen-bond donors (Lipinski definition) is 2. The SMILES string of the molecule is C=C/C=C\C(=C/C)N1C(=O)/C(=C/c2cc(OCC)c(O)cc2Br)C(=O)N=C1SCC(=O)NC(c1ccccc1)c1ccccc1. The lowest BCUT2D eigenvalue weighted by Crippen LogP contribution is -2.42. The van der Waals surface area contributed by atoms with Crippen LogP contribution >= 0.6 is 27.7 Å². The van der Waals surface area contributed by atoms with Gasteiger partial charge in [-0.3, -0.25) is 19.3 Å². The largest absolute Gasteiger partial charge is 0.504 e. The standard InChI is InChI=1S/C35H32BrN3O5S/c1-4-7-18-26(5-2)39-34(43)27(19-25-20-30(44-6-3)29(40)21-28(25)36)33(42)38-35(39)45-22-31(41)37-32(23-14-10-8-11-15-23)24-16-12-9-13-17-24/h4-5,7-21,32,40H,1,6,22H2,2-3H3,(H,37,41)/b18-7-,26-5+,27-19+. The number of halogens is 1. The molecule has 3 aromatic carbocycles. The Bertz CT molecular complexity index is 1660. The zero-order valence-electron chi connectivity index (χ0n) is 24.8. The third-order valence-corrected chi connectivity index (χ3v) is 8.22. The van der Waals surface area contributed by atoms with Crippen molar-refractivity contribution in [1.29, 1.82) is 0 Å². The molecule has 1 heterocycles. The monoisotopic (exact) mass is 685 g/mol. The Balaban J connectivity index is 1.65. The van der Waals surface area contributed by atoms with Crippen LogP contribution in [0.5, 0.6) is 11.5 Å². The number of ether oxygens (including phenoxy) is 1. The zero-order valence-corrected chi connectivity index (χ0v) is 27.2. The first-order valence-corrected chi connectivity index (χ1v) is 15.9. The van der Waals surface area contributed by atoms with Crippen molar-refractivity contribution in [2.24, 2.45) is 4.99 Å². The Morgan fingerprint density at radius 2 is 1.76 bits per heavy atom. The van der Waals surface area contributed by atoms with Crippen LogP contribution in [0.4, 0.5) is 0 Å². The fraction of sp³-hybridized carbons (Fsp3) is 0.143. The highest BCUT2D eigenvalue weighted by Gasteiger charge is 2.35. The molecule has 0 saturated carbocycles. The maximum atomic E-state index is 13.9. The van der Waals surface area contributed by atoms with E-state index in [4.69, 9.17) is 4.74 Å². The summed E-state index contributed by atoms with van der Waals surface area (Å²) in [6.07, 6.45) is 7.99. The van der Waals surface area contributed by atoms with Gasteiger partial charge < -0.3 is 15.2 Å². The smallest absolute Gasteiger partial charge is 0.285 e. The maximum absolute atomic E-state index is 13.9. The van der Waals surface area contributed by atoms with Crippen LogP contribution in [0.25, 0.3) is 6.08 Å². The molecule has 0 atom stereocenters. The molecule has 0 radical (unpaired) electrons. The molecule has 4 rings (SSSR count). The molecule has 10 heteroatoms. The van der Waals surface area contributed by atoms with Crippen molar-refractivity contribution in [3.05, 3.63) is 136 Å². The molecule has 2 N–H and O–H groups in total. The molecule has 0 unspecified atom stereocenters.